The van der Waals surface area contributed by atoms with Crippen LogP contribution in [0, 0.1) is 6.92 Å². The molecule has 0 aliphatic rings. The van der Waals surface area contributed by atoms with Crippen molar-refractivity contribution in [2.24, 2.45) is 0 Å². The Bertz CT molecular complexity index is 569. The number of hydrogen-bond donors (Lipinski definition) is 1. The molecule has 1 N–H and O–H groups in total. The summed E-state index contributed by atoms with van der Waals surface area (Å²) < 4.78 is 1.00. The van der Waals surface area contributed by atoms with E-state index in [1.165, 1.54) is 5.56 Å². The lowest BCUT2D eigenvalue weighted by Gasteiger charge is -2.19. The van der Waals surface area contributed by atoms with Crippen LogP contribution in [0.25, 0.3) is 0 Å². The van der Waals surface area contributed by atoms with Gasteiger partial charge < -0.3 is 5.32 Å². The maximum atomic E-state index is 6.31. The SMILES string of the molecule is CCNC(Cc1ccc(Br)cc1Cl)c1ccc(C)nc1. The molecule has 1 heterocycles. The van der Waals surface area contributed by atoms with E-state index in [0.29, 0.717) is 0 Å². The minimum absolute atomic E-state index is 0.228. The van der Waals surface area contributed by atoms with Gasteiger partial charge >= 0.3 is 0 Å². The number of aromatic nitrogens is 1. The van der Waals surface area contributed by atoms with Gasteiger partial charge in [-0.05, 0) is 49.2 Å². The lowest BCUT2D eigenvalue weighted by atomic mass is 10.00. The highest BCUT2D eigenvalue weighted by atomic mass is 79.9. The molecule has 1 atom stereocenters. The van der Waals surface area contributed by atoms with Crippen LogP contribution in [0.1, 0.15) is 29.8 Å². The molecule has 0 aliphatic heterocycles. The van der Waals surface area contributed by atoms with E-state index >= 15 is 0 Å². The van der Waals surface area contributed by atoms with E-state index in [1.54, 1.807) is 0 Å². The number of pyridine rings is 1. The number of benzene rings is 1. The lowest BCUT2D eigenvalue weighted by molar-refractivity contribution is 0.548. The first-order chi connectivity index (χ1) is 9.60. The van der Waals surface area contributed by atoms with Crippen molar-refractivity contribution in [3.05, 3.63) is 62.8 Å². The van der Waals surface area contributed by atoms with E-state index in [2.05, 4.69) is 45.3 Å². The van der Waals surface area contributed by atoms with Crippen LogP contribution < -0.4 is 5.32 Å². The third-order valence-corrected chi connectivity index (χ3v) is 4.07. The largest absolute Gasteiger partial charge is 0.310 e. The molecular weight excluding hydrogens is 336 g/mol. The summed E-state index contributed by atoms with van der Waals surface area (Å²) in [6.45, 7) is 5.02. The van der Waals surface area contributed by atoms with E-state index in [9.17, 15) is 0 Å². The fourth-order valence-corrected chi connectivity index (χ4v) is 2.90. The summed E-state index contributed by atoms with van der Waals surface area (Å²) in [6, 6.07) is 10.4. The number of hydrogen-bond acceptors (Lipinski definition) is 2. The zero-order valence-electron chi connectivity index (χ0n) is 11.7. The standard InChI is InChI=1S/C16H18BrClN2/c1-3-19-16(13-5-4-11(2)20-10-13)8-12-6-7-14(17)9-15(12)18/h4-7,9-10,16,19H,3,8H2,1-2H3. The molecule has 20 heavy (non-hydrogen) atoms. The van der Waals surface area contributed by atoms with Crippen LogP contribution in [0.15, 0.2) is 41.0 Å². The van der Waals surface area contributed by atoms with Gasteiger partial charge in [-0.2, -0.15) is 0 Å². The molecule has 0 radical (unpaired) electrons. The minimum atomic E-state index is 0.228. The van der Waals surface area contributed by atoms with Gasteiger partial charge in [0, 0.05) is 27.4 Å². The summed E-state index contributed by atoms with van der Waals surface area (Å²) in [5, 5.41) is 4.29. The average molecular weight is 354 g/mol. The molecule has 2 rings (SSSR count). The fourth-order valence-electron chi connectivity index (χ4n) is 2.15. The van der Waals surface area contributed by atoms with Gasteiger partial charge in [-0.3, -0.25) is 4.98 Å². The Kier molecular flexibility index (Phi) is 5.58. The normalized spacial score (nSPS) is 12.4. The van der Waals surface area contributed by atoms with Crippen molar-refractivity contribution >= 4 is 27.5 Å². The van der Waals surface area contributed by atoms with Crippen molar-refractivity contribution in [3.8, 4) is 0 Å². The maximum Gasteiger partial charge on any atom is 0.0449 e. The number of aryl methyl sites for hydroxylation is 1. The van der Waals surface area contributed by atoms with Gasteiger partial charge in [-0.15, -0.1) is 0 Å². The van der Waals surface area contributed by atoms with Gasteiger partial charge in [0.05, 0.1) is 0 Å². The molecule has 0 bridgehead atoms. The number of nitrogens with zero attached hydrogens (tertiary/aromatic N) is 1. The molecule has 1 unspecified atom stereocenters. The summed E-state index contributed by atoms with van der Waals surface area (Å²) in [6.07, 6.45) is 2.79. The van der Waals surface area contributed by atoms with Gasteiger partial charge in [-0.25, -0.2) is 0 Å². The topological polar surface area (TPSA) is 24.9 Å². The van der Waals surface area contributed by atoms with Crippen molar-refractivity contribution in [2.45, 2.75) is 26.3 Å². The van der Waals surface area contributed by atoms with Crippen molar-refractivity contribution in [1.29, 1.82) is 0 Å². The molecule has 106 valence electrons. The third-order valence-electron chi connectivity index (χ3n) is 3.23. The molecule has 1 aromatic heterocycles. The molecule has 0 aliphatic carbocycles. The molecule has 2 aromatic rings. The Morgan fingerprint density at radius 3 is 2.70 bits per heavy atom. The van der Waals surface area contributed by atoms with Crippen molar-refractivity contribution in [1.82, 2.24) is 10.3 Å². The van der Waals surface area contributed by atoms with E-state index < -0.39 is 0 Å². The quantitative estimate of drug-likeness (QED) is 0.843. The summed E-state index contributed by atoms with van der Waals surface area (Å²) in [4.78, 5) is 4.38. The summed E-state index contributed by atoms with van der Waals surface area (Å²) in [5.41, 5.74) is 3.36. The van der Waals surface area contributed by atoms with Crippen LogP contribution in [0.3, 0.4) is 0 Å². The van der Waals surface area contributed by atoms with E-state index in [4.69, 9.17) is 11.6 Å². The first kappa shape index (κ1) is 15.5. The maximum absolute atomic E-state index is 6.31. The molecule has 0 saturated heterocycles. The molecule has 0 fully saturated rings. The van der Waals surface area contributed by atoms with Crippen LogP contribution in [0.4, 0.5) is 0 Å². The smallest absolute Gasteiger partial charge is 0.0449 e. The Hall–Kier alpha value is -0.900. The molecule has 0 amide bonds. The minimum Gasteiger partial charge on any atom is -0.310 e. The Labute approximate surface area is 133 Å². The molecular formula is C16H18BrClN2. The third kappa shape index (κ3) is 4.05. The van der Waals surface area contributed by atoms with Crippen molar-refractivity contribution in [3.63, 3.8) is 0 Å². The predicted octanol–water partition coefficient (Wildman–Crippen LogP) is 4.70. The molecule has 4 heteroatoms. The van der Waals surface area contributed by atoms with E-state index in [0.717, 1.165) is 33.7 Å². The first-order valence-corrected chi connectivity index (χ1v) is 7.87. The average Bonchev–Trinajstić information content (AvgIpc) is 2.42. The van der Waals surface area contributed by atoms with Crippen LogP contribution in [0.5, 0.6) is 0 Å². The van der Waals surface area contributed by atoms with Gasteiger partial charge in [-0.1, -0.05) is 46.6 Å². The van der Waals surface area contributed by atoms with Crippen molar-refractivity contribution < 1.29 is 0 Å². The highest BCUT2D eigenvalue weighted by Crippen LogP contribution is 2.26. The second-order valence-corrected chi connectivity index (χ2v) is 6.11. The highest BCUT2D eigenvalue weighted by Gasteiger charge is 2.13. The monoisotopic (exact) mass is 352 g/mol. The summed E-state index contributed by atoms with van der Waals surface area (Å²) >= 11 is 9.75. The summed E-state index contributed by atoms with van der Waals surface area (Å²) in [7, 11) is 0. The van der Waals surface area contributed by atoms with Crippen LogP contribution in [0.2, 0.25) is 5.02 Å². The number of rotatable bonds is 5. The Morgan fingerprint density at radius 1 is 1.30 bits per heavy atom. The van der Waals surface area contributed by atoms with Gasteiger partial charge in [0.1, 0.15) is 0 Å². The van der Waals surface area contributed by atoms with Crippen LogP contribution >= 0.6 is 27.5 Å². The lowest BCUT2D eigenvalue weighted by Crippen LogP contribution is -2.23. The summed E-state index contributed by atoms with van der Waals surface area (Å²) in [5.74, 6) is 0. The van der Waals surface area contributed by atoms with Crippen LogP contribution in [-0.2, 0) is 6.42 Å². The Morgan fingerprint density at radius 2 is 2.10 bits per heavy atom. The van der Waals surface area contributed by atoms with Crippen LogP contribution in [-0.4, -0.2) is 11.5 Å². The van der Waals surface area contributed by atoms with E-state index in [-0.39, 0.29) is 6.04 Å². The number of halogens is 2. The number of nitrogens with one attached hydrogen (secondary N) is 1. The molecule has 2 nitrogen and oxygen atoms in total. The van der Waals surface area contributed by atoms with Gasteiger partial charge in [0.2, 0.25) is 0 Å². The zero-order valence-corrected chi connectivity index (χ0v) is 14.0. The first-order valence-electron chi connectivity index (χ1n) is 6.70. The molecule has 1 aromatic carbocycles. The highest BCUT2D eigenvalue weighted by molar-refractivity contribution is 9.10. The molecule has 0 spiro atoms. The Balaban J connectivity index is 2.22. The number of likely N-dealkylation sites (N-methyl/N-ethyl adjacent to an activating group) is 1. The predicted molar refractivity (Wildman–Crippen MR) is 88.2 cm³/mol. The fraction of sp³-hybridized carbons (Fsp3) is 0.312. The van der Waals surface area contributed by atoms with Gasteiger partial charge in [0.25, 0.3) is 0 Å². The second kappa shape index (κ2) is 7.21. The van der Waals surface area contributed by atoms with E-state index in [1.807, 2.05) is 31.3 Å². The zero-order chi connectivity index (χ0) is 14.5. The molecule has 0 saturated carbocycles. The second-order valence-electron chi connectivity index (χ2n) is 4.78. The van der Waals surface area contributed by atoms with Crippen molar-refractivity contribution in [2.75, 3.05) is 6.54 Å². The van der Waals surface area contributed by atoms with Gasteiger partial charge in [0.15, 0.2) is 0 Å².